The Morgan fingerprint density at radius 3 is 2.69 bits per heavy atom. The van der Waals surface area contributed by atoms with Crippen LogP contribution in [0.15, 0.2) is 18.3 Å². The van der Waals surface area contributed by atoms with Gasteiger partial charge < -0.3 is 0 Å². The highest BCUT2D eigenvalue weighted by molar-refractivity contribution is 9.09. The summed E-state index contributed by atoms with van der Waals surface area (Å²) in [5.74, 6) is 0. The van der Waals surface area contributed by atoms with E-state index in [2.05, 4.69) is 33.0 Å². The molecule has 2 rings (SSSR count). The van der Waals surface area contributed by atoms with Crippen LogP contribution in [0.5, 0.6) is 0 Å². The molecule has 1 aliphatic rings. The Balaban J connectivity index is 2.20. The largest absolute Gasteiger partial charge is 0.261 e. The second-order valence-corrected chi connectivity index (χ2v) is 4.70. The van der Waals surface area contributed by atoms with Crippen LogP contribution in [0.4, 0.5) is 0 Å². The van der Waals surface area contributed by atoms with E-state index in [1.54, 1.807) is 0 Å². The lowest BCUT2D eigenvalue weighted by molar-refractivity contribution is 0.669. The zero-order valence-corrected chi connectivity index (χ0v) is 9.47. The Kier molecular flexibility index (Phi) is 2.41. The van der Waals surface area contributed by atoms with Gasteiger partial charge in [0, 0.05) is 17.2 Å². The smallest absolute Gasteiger partial charge is 0.0372 e. The quantitative estimate of drug-likeness (QED) is 0.739. The van der Waals surface area contributed by atoms with E-state index in [4.69, 9.17) is 0 Å². The first-order valence-electron chi connectivity index (χ1n) is 4.76. The number of hydrogen-bond acceptors (Lipinski definition) is 1. The summed E-state index contributed by atoms with van der Waals surface area (Å²) in [6.45, 7) is 2.04. The number of pyridine rings is 1. The van der Waals surface area contributed by atoms with Crippen LogP contribution in [-0.4, -0.2) is 10.3 Å². The number of aromatic nitrogens is 1. The van der Waals surface area contributed by atoms with E-state index in [0.29, 0.717) is 5.41 Å². The zero-order chi connectivity index (χ0) is 9.31. The van der Waals surface area contributed by atoms with Crippen molar-refractivity contribution in [3.8, 4) is 0 Å². The van der Waals surface area contributed by atoms with Gasteiger partial charge in [0.15, 0.2) is 0 Å². The standard InChI is InChI=1S/C11H14BrN/c1-9-2-3-10(8-13-9)11(4-5-11)6-7-12/h2-3,8H,4-7H2,1H3. The number of halogens is 1. The van der Waals surface area contributed by atoms with E-state index in [-0.39, 0.29) is 0 Å². The molecule has 0 aliphatic heterocycles. The van der Waals surface area contributed by atoms with Crippen molar-refractivity contribution in [2.75, 3.05) is 5.33 Å². The van der Waals surface area contributed by atoms with Gasteiger partial charge in [-0.3, -0.25) is 4.98 Å². The highest BCUT2D eigenvalue weighted by Crippen LogP contribution is 2.50. The van der Waals surface area contributed by atoms with Gasteiger partial charge in [-0.1, -0.05) is 22.0 Å². The minimum absolute atomic E-state index is 0.476. The number of nitrogens with zero attached hydrogens (tertiary/aromatic N) is 1. The molecule has 0 spiro atoms. The molecule has 1 saturated carbocycles. The van der Waals surface area contributed by atoms with Crippen LogP contribution >= 0.6 is 15.9 Å². The molecule has 0 radical (unpaired) electrons. The molecule has 1 heterocycles. The van der Waals surface area contributed by atoms with Gasteiger partial charge in [0.25, 0.3) is 0 Å². The topological polar surface area (TPSA) is 12.9 Å². The average Bonchev–Trinajstić information content (AvgIpc) is 2.87. The summed E-state index contributed by atoms with van der Waals surface area (Å²) >= 11 is 3.52. The summed E-state index contributed by atoms with van der Waals surface area (Å²) in [5, 5.41) is 1.10. The third kappa shape index (κ3) is 1.78. The Morgan fingerprint density at radius 2 is 2.23 bits per heavy atom. The van der Waals surface area contributed by atoms with Crippen LogP contribution in [0, 0.1) is 6.92 Å². The molecule has 0 saturated heterocycles. The average molecular weight is 240 g/mol. The van der Waals surface area contributed by atoms with Gasteiger partial charge in [-0.25, -0.2) is 0 Å². The molecule has 0 N–H and O–H groups in total. The predicted molar refractivity (Wildman–Crippen MR) is 58.3 cm³/mol. The molecular formula is C11H14BrN. The molecule has 1 nitrogen and oxygen atoms in total. The van der Waals surface area contributed by atoms with Crippen LogP contribution in [-0.2, 0) is 5.41 Å². The lowest BCUT2D eigenvalue weighted by Crippen LogP contribution is -2.07. The van der Waals surface area contributed by atoms with Crippen molar-refractivity contribution in [2.45, 2.75) is 31.6 Å². The van der Waals surface area contributed by atoms with Crippen molar-refractivity contribution < 1.29 is 0 Å². The lowest BCUT2D eigenvalue weighted by Gasteiger charge is -2.13. The van der Waals surface area contributed by atoms with Gasteiger partial charge in [-0.15, -0.1) is 0 Å². The van der Waals surface area contributed by atoms with E-state index >= 15 is 0 Å². The van der Waals surface area contributed by atoms with Crippen LogP contribution < -0.4 is 0 Å². The molecule has 1 aliphatic carbocycles. The van der Waals surface area contributed by atoms with Crippen LogP contribution in [0.1, 0.15) is 30.5 Å². The van der Waals surface area contributed by atoms with E-state index in [9.17, 15) is 0 Å². The molecule has 1 aromatic heterocycles. The SMILES string of the molecule is Cc1ccc(C2(CCBr)CC2)cn1. The fourth-order valence-electron chi connectivity index (χ4n) is 1.80. The van der Waals surface area contributed by atoms with E-state index in [0.717, 1.165) is 11.0 Å². The fraction of sp³-hybridized carbons (Fsp3) is 0.545. The number of rotatable bonds is 3. The highest BCUT2D eigenvalue weighted by atomic mass is 79.9. The molecule has 0 atom stereocenters. The maximum absolute atomic E-state index is 4.35. The normalized spacial score (nSPS) is 18.6. The molecule has 0 aromatic carbocycles. The third-order valence-electron chi connectivity index (χ3n) is 2.95. The lowest BCUT2D eigenvalue weighted by atomic mass is 9.95. The first kappa shape index (κ1) is 9.20. The fourth-order valence-corrected chi connectivity index (χ4v) is 2.56. The van der Waals surface area contributed by atoms with Gasteiger partial charge in [-0.05, 0) is 43.2 Å². The van der Waals surface area contributed by atoms with E-state index in [1.165, 1.54) is 24.8 Å². The molecular weight excluding hydrogens is 226 g/mol. The summed E-state index contributed by atoms with van der Waals surface area (Å²) < 4.78 is 0. The van der Waals surface area contributed by atoms with Crippen molar-refractivity contribution >= 4 is 15.9 Å². The minimum atomic E-state index is 0.476. The van der Waals surface area contributed by atoms with Gasteiger partial charge in [0.2, 0.25) is 0 Å². The monoisotopic (exact) mass is 239 g/mol. The van der Waals surface area contributed by atoms with Gasteiger partial charge in [0.1, 0.15) is 0 Å². The van der Waals surface area contributed by atoms with Crippen molar-refractivity contribution in [3.63, 3.8) is 0 Å². The number of aryl methyl sites for hydroxylation is 1. The molecule has 13 heavy (non-hydrogen) atoms. The molecule has 1 fully saturated rings. The maximum Gasteiger partial charge on any atom is 0.0372 e. The second-order valence-electron chi connectivity index (χ2n) is 3.91. The van der Waals surface area contributed by atoms with Crippen LogP contribution in [0.3, 0.4) is 0 Å². The summed E-state index contributed by atoms with van der Waals surface area (Å²) in [6, 6.07) is 4.35. The summed E-state index contributed by atoms with van der Waals surface area (Å²) in [5.41, 5.74) is 3.01. The summed E-state index contributed by atoms with van der Waals surface area (Å²) in [7, 11) is 0. The Morgan fingerprint density at radius 1 is 1.46 bits per heavy atom. The molecule has 70 valence electrons. The van der Waals surface area contributed by atoms with Crippen LogP contribution in [0.2, 0.25) is 0 Å². The van der Waals surface area contributed by atoms with Crippen molar-refractivity contribution in [1.29, 1.82) is 0 Å². The maximum atomic E-state index is 4.35. The van der Waals surface area contributed by atoms with Crippen molar-refractivity contribution in [2.24, 2.45) is 0 Å². The Labute approximate surface area is 87.7 Å². The highest BCUT2D eigenvalue weighted by Gasteiger charge is 2.43. The molecule has 0 bridgehead atoms. The van der Waals surface area contributed by atoms with E-state index < -0.39 is 0 Å². The Bertz CT molecular complexity index is 287. The first-order chi connectivity index (χ1) is 6.27. The summed E-state index contributed by atoms with van der Waals surface area (Å²) in [6.07, 6.45) is 5.97. The molecule has 0 amide bonds. The van der Waals surface area contributed by atoms with E-state index in [1.807, 2.05) is 13.1 Å². The minimum Gasteiger partial charge on any atom is -0.261 e. The summed E-state index contributed by atoms with van der Waals surface area (Å²) in [4.78, 5) is 4.35. The zero-order valence-electron chi connectivity index (χ0n) is 7.89. The second kappa shape index (κ2) is 3.41. The molecule has 1 aromatic rings. The van der Waals surface area contributed by atoms with Crippen LogP contribution in [0.25, 0.3) is 0 Å². The predicted octanol–water partition coefficient (Wildman–Crippen LogP) is 3.21. The third-order valence-corrected chi connectivity index (χ3v) is 3.35. The number of alkyl halides is 1. The van der Waals surface area contributed by atoms with Crippen molar-refractivity contribution in [1.82, 2.24) is 4.98 Å². The molecule has 2 heteroatoms. The molecule has 0 unspecified atom stereocenters. The van der Waals surface area contributed by atoms with Gasteiger partial charge in [-0.2, -0.15) is 0 Å². The first-order valence-corrected chi connectivity index (χ1v) is 5.88. The Hall–Kier alpha value is -0.370. The van der Waals surface area contributed by atoms with Gasteiger partial charge >= 0.3 is 0 Å². The number of hydrogen-bond donors (Lipinski definition) is 0. The van der Waals surface area contributed by atoms with Crippen molar-refractivity contribution in [3.05, 3.63) is 29.6 Å². The van der Waals surface area contributed by atoms with Gasteiger partial charge in [0.05, 0.1) is 0 Å².